The monoisotopic (exact) mass is 752 g/mol. The van der Waals surface area contributed by atoms with Crippen LogP contribution in [0.15, 0.2) is 0 Å². The predicted octanol–water partition coefficient (Wildman–Crippen LogP) is -0.523. The van der Waals surface area contributed by atoms with Gasteiger partial charge < -0.3 is 75.8 Å². The average Bonchev–Trinajstić information content (AvgIpc) is 3.15. The van der Waals surface area contributed by atoms with Crippen molar-refractivity contribution in [2.24, 2.45) is 0 Å². The van der Waals surface area contributed by atoms with Crippen LogP contribution < -0.4 is 0 Å². The minimum absolute atomic E-state index is 1.14. The van der Waals surface area contributed by atoms with Crippen LogP contribution in [0.3, 0.4) is 0 Å². The largest absolute Gasteiger partial charge is 0.793 e. The minimum atomic E-state index is -5.62. The lowest BCUT2D eigenvalue weighted by Crippen LogP contribution is -2.62. The van der Waals surface area contributed by atoms with E-state index < -0.39 is 58.1 Å². The van der Waals surface area contributed by atoms with Crippen molar-refractivity contribution in [3.63, 3.8) is 0 Å². The minimum Gasteiger partial charge on any atom is -0.349 e. The van der Waals surface area contributed by atoms with Gasteiger partial charge in [-0.3, -0.25) is 0 Å². The van der Waals surface area contributed by atoms with Crippen molar-refractivity contribution < 1.29 is 114 Å². The van der Waals surface area contributed by atoms with E-state index >= 15 is 0 Å². The molecule has 0 radical (unpaired) electrons. The summed E-state index contributed by atoms with van der Waals surface area (Å²) in [6.45, 7) is 0. The van der Waals surface area contributed by atoms with E-state index in [1.54, 1.807) is 0 Å². The molecule has 25 heteroatoms. The van der Waals surface area contributed by atoms with Crippen LogP contribution in [0.1, 0.15) is 0 Å². The molecule has 0 atom stereocenters. The van der Waals surface area contributed by atoms with Crippen LogP contribution in [0.2, 0.25) is 0 Å². The molecule has 0 aliphatic heterocycles. The Balaban J connectivity index is 7.56. The third kappa shape index (κ3) is 11.6. The predicted molar refractivity (Wildman–Crippen MR) is 153 cm³/mol. The maximum atomic E-state index is 5.56. The van der Waals surface area contributed by atoms with Crippen LogP contribution in [0, 0.1) is 0 Å². The highest BCUT2D eigenvalue weighted by Gasteiger charge is 2.64. The molecule has 0 amide bonds. The number of ether oxygens (including phenoxy) is 16. The molecule has 0 heterocycles. The molecule has 0 rings (SSSR count). The Kier molecular flexibility index (Phi) is 23.4. The first-order chi connectivity index (χ1) is 23.4. The Morgan fingerprint density at radius 2 is 0.408 bits per heavy atom. The molecule has 49 heavy (non-hydrogen) atoms. The maximum absolute atomic E-state index is 5.62. The van der Waals surface area contributed by atoms with Crippen molar-refractivity contribution in [3.05, 3.63) is 0 Å². The summed E-state index contributed by atoms with van der Waals surface area (Å²) in [6, 6.07) is 0. The van der Waals surface area contributed by atoms with Crippen LogP contribution in [0.5, 0.6) is 0 Å². The normalized spacial score (nSPS) is 14.0. The van der Waals surface area contributed by atoms with Crippen LogP contribution in [0.4, 0.5) is 0 Å². The Morgan fingerprint density at radius 3 is 0.510 bits per heavy atom. The first-order valence-electron chi connectivity index (χ1n) is 13.5. The van der Waals surface area contributed by atoms with Crippen molar-refractivity contribution in [1.82, 2.24) is 0 Å². The molecule has 0 aliphatic rings. The molecule has 0 unspecified atom stereocenters. The van der Waals surface area contributed by atoms with Gasteiger partial charge in [0.2, 0.25) is 25.2 Å². The third-order valence-corrected chi connectivity index (χ3v) is 7.33. The Morgan fingerprint density at radius 1 is 0.265 bits per heavy atom. The van der Waals surface area contributed by atoms with Crippen molar-refractivity contribution in [2.75, 3.05) is 114 Å². The van der Waals surface area contributed by atoms with E-state index in [9.17, 15) is 0 Å². The zero-order valence-corrected chi connectivity index (χ0v) is 31.6. The van der Waals surface area contributed by atoms with Crippen LogP contribution in [0.25, 0.3) is 0 Å². The average molecular weight is 753 g/mol. The first kappa shape index (κ1) is 48.3. The molecule has 0 aromatic rings. The van der Waals surface area contributed by atoms with Gasteiger partial charge >= 0.3 is 32.9 Å². The third-order valence-electron chi connectivity index (χ3n) is 6.18. The summed E-state index contributed by atoms with van der Waals surface area (Å²) < 4.78 is 107. The van der Waals surface area contributed by atoms with Gasteiger partial charge in [0.05, 0.1) is 0 Å². The highest BCUT2D eigenvalue weighted by atomic mass is 28.4. The molecule has 0 N–H and O–H groups in total. The van der Waals surface area contributed by atoms with Crippen LogP contribution >= 0.6 is 0 Å². The van der Waals surface area contributed by atoms with E-state index in [-0.39, 0.29) is 0 Å². The van der Waals surface area contributed by atoms with Crippen LogP contribution in [-0.4, -0.2) is 172 Å². The molecule has 24 nitrogen and oxygen atoms in total. The number of methoxy groups -OCH3 is 16. The second-order valence-electron chi connectivity index (χ2n) is 8.43. The Labute approximate surface area is 285 Å². The Bertz CT molecular complexity index is 677. The first-order valence-corrected chi connectivity index (χ1v) is 15.1. The molecule has 0 aromatic carbocycles. The zero-order valence-electron chi connectivity index (χ0n) is 30.6. The van der Waals surface area contributed by atoms with Gasteiger partial charge in [0.1, 0.15) is 0 Å². The fraction of sp³-hybridized carbons (Fsp3) is 1.00. The topological polar surface area (TPSA) is 222 Å². The Hall–Kier alpha value is -0.743. The summed E-state index contributed by atoms with van der Waals surface area (Å²) in [4.78, 5) is 22.0. The second-order valence-corrected chi connectivity index (χ2v) is 10.1. The van der Waals surface area contributed by atoms with Gasteiger partial charge in [-0.1, -0.05) is 0 Å². The molecule has 0 aliphatic carbocycles. The van der Waals surface area contributed by atoms with Crippen molar-refractivity contribution in [3.8, 4) is 0 Å². The summed E-state index contributed by atoms with van der Waals surface area (Å²) in [6.07, 6.45) is -5.86. The summed E-state index contributed by atoms with van der Waals surface area (Å²) >= 11 is 0. The van der Waals surface area contributed by atoms with Gasteiger partial charge in [-0.15, -0.1) is 0 Å². The smallest absolute Gasteiger partial charge is 0.349 e. The van der Waals surface area contributed by atoms with Gasteiger partial charge in [0.15, 0.2) is 0 Å². The lowest BCUT2D eigenvalue weighted by Gasteiger charge is -2.39. The van der Waals surface area contributed by atoms with Gasteiger partial charge in [-0.05, 0) is 0 Å². The van der Waals surface area contributed by atoms with Gasteiger partial charge in [0.25, 0.3) is 0 Å². The number of hydrogen-bond donors (Lipinski definition) is 0. The fourth-order valence-corrected chi connectivity index (χ4v) is 4.63. The maximum Gasteiger partial charge on any atom is 0.793 e. The lowest BCUT2D eigenvalue weighted by atomic mass is 10.5. The van der Waals surface area contributed by atoms with E-state index in [2.05, 4.69) is 0 Å². The molecule has 0 saturated carbocycles. The zero-order chi connectivity index (χ0) is 37.8. The van der Waals surface area contributed by atoms with E-state index in [1.165, 1.54) is 56.9 Å². The molecule has 0 fully saturated rings. The molecule has 0 spiro atoms. The summed E-state index contributed by atoms with van der Waals surface area (Å²) in [5.74, 6) is -9.49. The van der Waals surface area contributed by atoms with Gasteiger partial charge in [-0.2, -0.15) is 37.9 Å². The quantitative estimate of drug-likeness (QED) is 0.0365. The number of hydrogen-bond acceptors (Lipinski definition) is 24. The highest BCUT2D eigenvalue weighted by Crippen LogP contribution is 2.33. The standard InChI is InChI=1S/C24H52O24Si/c1-25-17(26-2)21(33-9,34-10)41-45-49(46-42-22(35-11,36-12)18(27-3)28-4,47-43-23(37-13,38-14)19(29-5)30-6)48-44-24(39-15,40-16)20(31-7)32-8/h17-20H,1-16H3. The lowest BCUT2D eigenvalue weighted by molar-refractivity contribution is -0.598. The molecule has 0 bridgehead atoms. The van der Waals surface area contributed by atoms with E-state index in [0.717, 1.165) is 56.9 Å². The molecule has 0 saturated heterocycles. The van der Waals surface area contributed by atoms with Gasteiger partial charge in [-0.25, -0.2) is 0 Å². The summed E-state index contributed by atoms with van der Waals surface area (Å²) in [5, 5.41) is 0. The van der Waals surface area contributed by atoms with E-state index in [4.69, 9.17) is 114 Å². The number of rotatable bonds is 32. The summed E-state index contributed by atoms with van der Waals surface area (Å²) in [7, 11) is 13.4. The molecular formula is C24H52O24Si. The second kappa shape index (κ2) is 23.7. The SMILES string of the molecule is COC(OC)C(OC)(OC)OO[Si](OOC(OC)(OC)C(OC)OC)(OOC(OC)(OC)C(OC)OC)OOC(OC)(OC)C(OC)OC. The molecular weight excluding hydrogens is 700 g/mol. The van der Waals surface area contributed by atoms with E-state index in [1.807, 2.05) is 0 Å². The molecule has 296 valence electrons. The summed E-state index contributed by atoms with van der Waals surface area (Å²) in [5.41, 5.74) is 0. The van der Waals surface area contributed by atoms with Crippen LogP contribution in [-0.2, 0) is 114 Å². The highest BCUT2D eigenvalue weighted by molar-refractivity contribution is 6.52. The fourth-order valence-electron chi connectivity index (χ4n) is 3.59. The van der Waals surface area contributed by atoms with Crippen molar-refractivity contribution in [1.29, 1.82) is 0 Å². The molecule has 0 aromatic heterocycles. The van der Waals surface area contributed by atoms with Crippen molar-refractivity contribution >= 4 is 9.05 Å². The van der Waals surface area contributed by atoms with Gasteiger partial charge in [0, 0.05) is 114 Å². The van der Waals surface area contributed by atoms with E-state index in [0.29, 0.717) is 0 Å². The van der Waals surface area contributed by atoms with Crippen molar-refractivity contribution in [2.45, 2.75) is 49.1 Å².